The first-order chi connectivity index (χ1) is 12.1. The van der Waals surface area contributed by atoms with Gasteiger partial charge in [-0.05, 0) is 48.2 Å². The van der Waals surface area contributed by atoms with E-state index in [0.717, 1.165) is 41.4 Å². The number of nitrogens with zero attached hydrogens (tertiary/aromatic N) is 1. The fourth-order valence-corrected chi connectivity index (χ4v) is 4.81. The van der Waals surface area contributed by atoms with Gasteiger partial charge in [0.15, 0.2) is 6.61 Å². The number of quaternary nitrogens is 1. The van der Waals surface area contributed by atoms with Gasteiger partial charge in [-0.1, -0.05) is 11.2 Å². The maximum Gasteiger partial charge on any atom is 0.312 e. The maximum absolute atomic E-state index is 11.1. The Kier molecular flexibility index (Phi) is 8.09. The average Bonchev–Trinajstić information content (AvgIpc) is 3.27. The van der Waals surface area contributed by atoms with Crippen molar-refractivity contribution in [2.45, 2.75) is 19.8 Å². The van der Waals surface area contributed by atoms with Gasteiger partial charge in [-0.2, -0.15) is 0 Å². The van der Waals surface area contributed by atoms with Gasteiger partial charge >= 0.3 is 5.97 Å². The molecule has 0 aliphatic carbocycles. The molecule has 0 bridgehead atoms. The molecule has 2 N–H and O–H groups in total. The van der Waals surface area contributed by atoms with Crippen LogP contribution in [0.3, 0.4) is 0 Å². The van der Waals surface area contributed by atoms with Crippen LogP contribution in [-0.2, 0) is 9.63 Å². The molecule has 1 aliphatic heterocycles. The zero-order valence-electron chi connectivity index (χ0n) is 14.6. The Morgan fingerprint density at radius 2 is 2.23 bits per heavy atom. The van der Waals surface area contributed by atoms with Crippen molar-refractivity contribution in [2.75, 3.05) is 26.2 Å². The molecular weight excluding hydrogens is 392 g/mol. The lowest BCUT2D eigenvalue weighted by molar-refractivity contribution is -0.907. The standard InChI is InChI=1S/C18H22N2O3S2.ClH/c1-13-6-11-25-17(13)16(15-5-3-10-24-15)19-23-9-8-20-7-2-4-14(12-20)18(21)22;/h3,5-6,10-11,14H,2,4,7-9,12H2,1H3,(H,21,22);1H/b19-16+;/t14-;/m1./s1. The lowest BCUT2D eigenvalue weighted by Gasteiger charge is -2.27. The largest absolute Gasteiger partial charge is 1.00 e. The molecule has 0 spiro atoms. The monoisotopic (exact) mass is 414 g/mol. The minimum atomic E-state index is -0.677. The van der Waals surface area contributed by atoms with Crippen molar-refractivity contribution in [3.63, 3.8) is 0 Å². The van der Waals surface area contributed by atoms with Crippen molar-refractivity contribution in [1.29, 1.82) is 0 Å². The molecule has 5 nitrogen and oxygen atoms in total. The van der Waals surface area contributed by atoms with Crippen LogP contribution in [0.4, 0.5) is 0 Å². The van der Waals surface area contributed by atoms with Gasteiger partial charge in [0.2, 0.25) is 0 Å². The number of nitrogens with one attached hydrogen (secondary N) is 1. The van der Waals surface area contributed by atoms with E-state index >= 15 is 0 Å². The van der Waals surface area contributed by atoms with E-state index in [1.165, 1.54) is 10.5 Å². The maximum atomic E-state index is 11.1. The summed E-state index contributed by atoms with van der Waals surface area (Å²) >= 11 is 3.32. The Morgan fingerprint density at radius 1 is 1.38 bits per heavy atom. The van der Waals surface area contributed by atoms with Crippen LogP contribution in [0.2, 0.25) is 0 Å². The van der Waals surface area contributed by atoms with Gasteiger partial charge in [0.25, 0.3) is 0 Å². The summed E-state index contributed by atoms with van der Waals surface area (Å²) in [6, 6.07) is 6.16. The third kappa shape index (κ3) is 5.30. The number of hydrogen-bond acceptors (Lipinski definition) is 5. The molecule has 0 radical (unpaired) electrons. The Labute approximate surface area is 167 Å². The number of aryl methyl sites for hydroxylation is 1. The summed E-state index contributed by atoms with van der Waals surface area (Å²) in [5.74, 6) is -0.896. The highest BCUT2D eigenvalue weighted by Crippen LogP contribution is 2.23. The molecule has 2 aromatic rings. The fourth-order valence-electron chi connectivity index (χ4n) is 3.12. The Balaban J connectivity index is 0.00000243. The molecule has 2 atom stereocenters. The number of carboxylic acids is 1. The molecule has 142 valence electrons. The normalized spacial score (nSPS) is 20.4. The van der Waals surface area contributed by atoms with Crippen LogP contribution in [0.5, 0.6) is 0 Å². The topological polar surface area (TPSA) is 63.3 Å². The second-order valence-electron chi connectivity index (χ2n) is 6.31. The highest BCUT2D eigenvalue weighted by atomic mass is 35.5. The first-order valence-electron chi connectivity index (χ1n) is 8.50. The number of thiophene rings is 2. The number of carbonyl (C=O) groups is 1. The first kappa shape index (κ1) is 20.9. The summed E-state index contributed by atoms with van der Waals surface area (Å²) in [6.07, 6.45) is 1.75. The number of halogens is 1. The van der Waals surface area contributed by atoms with E-state index in [2.05, 4.69) is 29.6 Å². The highest BCUT2D eigenvalue weighted by molar-refractivity contribution is 7.16. The molecule has 0 amide bonds. The zero-order valence-corrected chi connectivity index (χ0v) is 17.0. The number of piperidine rings is 1. The molecule has 8 heteroatoms. The van der Waals surface area contributed by atoms with E-state index in [4.69, 9.17) is 4.84 Å². The molecule has 1 unspecified atom stereocenters. The predicted molar refractivity (Wildman–Crippen MR) is 101 cm³/mol. The molecule has 3 rings (SSSR count). The van der Waals surface area contributed by atoms with Gasteiger partial charge in [-0.3, -0.25) is 4.79 Å². The van der Waals surface area contributed by atoms with E-state index < -0.39 is 5.97 Å². The highest BCUT2D eigenvalue weighted by Gasteiger charge is 2.28. The third-order valence-corrected chi connectivity index (χ3v) is 6.40. The Bertz CT molecular complexity index is 731. The summed E-state index contributed by atoms with van der Waals surface area (Å²) in [7, 11) is 0. The number of likely N-dealkylation sites (tertiary alicyclic amines) is 1. The van der Waals surface area contributed by atoms with Crippen molar-refractivity contribution < 1.29 is 32.0 Å². The van der Waals surface area contributed by atoms with Crippen LogP contribution in [0, 0.1) is 12.8 Å². The minimum Gasteiger partial charge on any atom is -1.00 e. The van der Waals surface area contributed by atoms with Crippen molar-refractivity contribution >= 4 is 34.4 Å². The number of hydrogen-bond donors (Lipinski definition) is 2. The molecule has 2 aromatic heterocycles. The van der Waals surface area contributed by atoms with Gasteiger partial charge < -0.3 is 27.3 Å². The van der Waals surface area contributed by atoms with Crippen molar-refractivity contribution in [3.05, 3.63) is 44.3 Å². The zero-order chi connectivity index (χ0) is 17.6. The van der Waals surface area contributed by atoms with Gasteiger partial charge in [-0.15, -0.1) is 22.7 Å². The van der Waals surface area contributed by atoms with Crippen molar-refractivity contribution in [3.8, 4) is 0 Å². The summed E-state index contributed by atoms with van der Waals surface area (Å²) in [4.78, 5) is 20.3. The van der Waals surface area contributed by atoms with Crippen LogP contribution in [0.15, 0.2) is 34.1 Å². The number of rotatable bonds is 7. The smallest absolute Gasteiger partial charge is 0.312 e. The van der Waals surface area contributed by atoms with E-state index in [0.29, 0.717) is 13.2 Å². The minimum absolute atomic E-state index is 0. The average molecular weight is 415 g/mol. The first-order valence-corrected chi connectivity index (χ1v) is 10.3. The van der Waals surface area contributed by atoms with Gasteiger partial charge in [-0.25, -0.2) is 0 Å². The summed E-state index contributed by atoms with van der Waals surface area (Å²) < 4.78 is 0. The van der Waals surface area contributed by atoms with E-state index in [-0.39, 0.29) is 18.3 Å². The van der Waals surface area contributed by atoms with E-state index in [1.54, 1.807) is 22.7 Å². The second kappa shape index (κ2) is 10.1. The van der Waals surface area contributed by atoms with Gasteiger partial charge in [0.1, 0.15) is 18.2 Å². The van der Waals surface area contributed by atoms with Crippen LogP contribution >= 0.6 is 22.7 Å². The number of aliphatic carboxylic acids is 1. The van der Waals surface area contributed by atoms with E-state index in [1.807, 2.05) is 11.4 Å². The van der Waals surface area contributed by atoms with Crippen LogP contribution in [0.1, 0.15) is 28.2 Å². The fraction of sp³-hybridized carbons (Fsp3) is 0.444. The SMILES string of the molecule is Cc1ccsc1/C(=N/OCC[NH+]1CCC[C@@H](C(=O)O)C1)c1cccs1.[Cl-]. The van der Waals surface area contributed by atoms with E-state index in [9.17, 15) is 9.90 Å². The van der Waals surface area contributed by atoms with Gasteiger partial charge in [0, 0.05) is 0 Å². The molecule has 1 fully saturated rings. The number of carboxylic acid groups (broad SMARTS) is 1. The lowest BCUT2D eigenvalue weighted by Crippen LogP contribution is -3.14. The van der Waals surface area contributed by atoms with Crippen molar-refractivity contribution in [2.24, 2.45) is 11.1 Å². The van der Waals surface area contributed by atoms with Crippen molar-refractivity contribution in [1.82, 2.24) is 0 Å². The molecule has 0 saturated carbocycles. The van der Waals surface area contributed by atoms with Crippen LogP contribution in [-0.4, -0.2) is 43.0 Å². The summed E-state index contributed by atoms with van der Waals surface area (Å²) in [5.41, 5.74) is 2.09. The molecule has 1 aliphatic rings. The molecular formula is C18H23ClN2O3S2. The molecule has 26 heavy (non-hydrogen) atoms. The third-order valence-electron chi connectivity index (χ3n) is 4.50. The summed E-state index contributed by atoms with van der Waals surface area (Å²) in [6.45, 7) is 5.07. The Hall–Kier alpha value is -1.41. The molecule has 1 saturated heterocycles. The quantitative estimate of drug-likeness (QED) is 0.357. The lowest BCUT2D eigenvalue weighted by atomic mass is 9.98. The Morgan fingerprint density at radius 3 is 2.88 bits per heavy atom. The van der Waals surface area contributed by atoms with Crippen LogP contribution in [0.25, 0.3) is 0 Å². The molecule has 3 heterocycles. The van der Waals surface area contributed by atoms with Crippen LogP contribution < -0.4 is 17.3 Å². The number of oxime groups is 1. The second-order valence-corrected chi connectivity index (χ2v) is 8.18. The molecule has 0 aromatic carbocycles. The predicted octanol–water partition coefficient (Wildman–Crippen LogP) is -0.729. The summed E-state index contributed by atoms with van der Waals surface area (Å²) in [5, 5.41) is 17.7. The van der Waals surface area contributed by atoms with Gasteiger partial charge in [0.05, 0.1) is 22.8 Å².